The van der Waals surface area contributed by atoms with Crippen LogP contribution in [-0.4, -0.2) is 328 Å². The van der Waals surface area contributed by atoms with Crippen LogP contribution in [-0.2, 0) is 87.1 Å². The molecule has 11 atom stereocenters. The first-order valence-corrected chi connectivity index (χ1v) is 39.1. The number of ketones is 2. The number of ether oxygens (including phenoxy) is 14. The molecule has 110 heavy (non-hydrogen) atoms. The lowest BCUT2D eigenvalue weighted by Gasteiger charge is -2.38. The molecule has 666 valence electrons. The molecule has 1 fully saturated rings. The fourth-order valence-corrected chi connectivity index (χ4v) is 10.6. The Bertz CT molecular complexity index is 2050. The van der Waals surface area contributed by atoms with E-state index in [-0.39, 0.29) is 79.8 Å². The maximum atomic E-state index is 11.0. The summed E-state index contributed by atoms with van der Waals surface area (Å²) in [5, 5.41) is 36.7. The number of methoxy groups -OCH3 is 12. The van der Waals surface area contributed by atoms with Crippen LogP contribution in [0.25, 0.3) is 0 Å². The third-order valence-electron chi connectivity index (χ3n) is 16.9. The second kappa shape index (κ2) is 86.8. The molecule has 1 aromatic rings. The number of nitrogens with zero attached hydrogens (tertiary/aromatic N) is 3. The summed E-state index contributed by atoms with van der Waals surface area (Å²) < 4.78 is 69.9. The van der Waals surface area contributed by atoms with Gasteiger partial charge in [-0.15, -0.1) is 0 Å². The molecule has 26 nitrogen and oxygen atoms in total. The van der Waals surface area contributed by atoms with E-state index in [1.165, 1.54) is 6.42 Å². The Hall–Kier alpha value is -3.01. The summed E-state index contributed by atoms with van der Waals surface area (Å²) in [6.45, 7) is 45.6. The molecule has 1 aliphatic rings. The van der Waals surface area contributed by atoms with E-state index in [0.29, 0.717) is 90.7 Å². The molecule has 0 radical (unpaired) electrons. The van der Waals surface area contributed by atoms with Crippen molar-refractivity contribution >= 4 is 23.2 Å². The third-order valence-corrected chi connectivity index (χ3v) is 16.9. The molecule has 0 aliphatic heterocycles. The molecule has 2 rings (SSSR count). The standard InChI is InChI=1S/C14H29NO2.C13H23NO2.C12H19NO2.C9H21NO2.C8H18O3.2C7H17NO2.C6H14O3.C6H14O2.2CH4/c1-11(10-15-13(3)17)9-14(4,5)8-6-7-12(2)16;1-10(15)6-8-13(3)7-4-5-12(9-13)14-11(2)16;1-8-4-5-11(6-9(2)14)7-12(8)13-10(3)15;1-5-10(6-2)7-9(12-4)8-11-3;1-7(10-4)6-11-8(2)5-9-3;1-8(2)5-7(10-4)6-9-3;1-8(4-6-9-2)5-7-10-3;1-7-3-5-9-6-4-8-2;1-4-6(8-3)5-7-2;;/h11,13,15,17H,6-10H2,1-5H3;12H,4-9H2,1-3H3,(H,14,16);4-5,7,9-10,13-15H,6H2,1-3H3;9H,5-8H2,1-4H3;7-8H,5-6H2,1-4H3;7H,5-6H2,1-4H3;4-7H2,1-3H3;3-6H2,1-2H3;6H,4-5H2,1-3H3;2*1H4/t11?,13-;;9-,10-;;;;;;;;/m1.0......../s1. The number of rotatable bonds is 51. The highest BCUT2D eigenvalue weighted by molar-refractivity contribution is 5.75. The molecule has 1 saturated carbocycles. The topological polar surface area (TPSA) is 287 Å². The van der Waals surface area contributed by atoms with E-state index in [4.69, 9.17) is 71.4 Å². The molecule has 26 heteroatoms. The number of aliphatic hydroxyl groups excluding tert-OH is 3. The molecular weight excluding hydrogens is 1410 g/mol. The summed E-state index contributed by atoms with van der Waals surface area (Å²) in [7, 11) is 26.4. The zero-order valence-electron chi connectivity index (χ0n) is 74.8. The van der Waals surface area contributed by atoms with Gasteiger partial charge < -0.3 is 117 Å². The molecule has 0 heterocycles. The average molecular weight is 1590 g/mol. The molecule has 8 unspecified atom stereocenters. The Labute approximate surface area is 675 Å². The summed E-state index contributed by atoms with van der Waals surface area (Å²) in [5.41, 5.74) is 3.58. The van der Waals surface area contributed by atoms with E-state index in [1.807, 2.05) is 53.1 Å². The number of hydrogen-bond acceptors (Lipinski definition) is 25. The maximum Gasteiger partial charge on any atom is 0.217 e. The smallest absolute Gasteiger partial charge is 0.217 e. The van der Waals surface area contributed by atoms with Crippen molar-refractivity contribution in [3.63, 3.8) is 0 Å². The number of carbonyl (C=O) groups excluding carboxylic acids is 3. The number of likely N-dealkylation sites (N-methyl/N-ethyl adjacent to an activating group) is 3. The molecule has 1 amide bonds. The van der Waals surface area contributed by atoms with E-state index >= 15 is 0 Å². The average Bonchev–Trinajstić information content (AvgIpc) is 0.853. The SMILES string of the molecule is C.C.CC(=O)CCC1(C)CCCC(NC(C)=O)C1.CC(=O)CCCC(C)(C)CC(C)CN[C@@H](C)O.CCC(COC)OC.CCN(CC)CC(COC)OC.COCC(C)OCC(C)OC.COCC(CN(C)C)OC.COCCN(C)CCOC.COCCOCCOC.Cc1ccc(C[C@H](C)O)cc1N[C@H](C)O. The van der Waals surface area contributed by atoms with Crippen LogP contribution in [0.2, 0.25) is 0 Å². The summed E-state index contributed by atoms with van der Waals surface area (Å²) in [5.74, 6) is 1.14. The minimum absolute atomic E-state index is 0. The van der Waals surface area contributed by atoms with Crippen molar-refractivity contribution < 1.29 is 96.0 Å². The van der Waals surface area contributed by atoms with Gasteiger partial charge in [-0.25, -0.2) is 0 Å². The van der Waals surface area contributed by atoms with Crippen LogP contribution in [0.1, 0.15) is 200 Å². The summed E-state index contributed by atoms with van der Waals surface area (Å²) in [4.78, 5) is 39.5. The monoisotopic (exact) mass is 1590 g/mol. The Kier molecular flexibility index (Phi) is 98.8. The molecule has 1 aromatic carbocycles. The zero-order chi connectivity index (χ0) is 84.3. The quantitative estimate of drug-likeness (QED) is 0.0261. The summed E-state index contributed by atoms with van der Waals surface area (Å²) in [6, 6.07) is 6.26. The van der Waals surface area contributed by atoms with Gasteiger partial charge in [-0.1, -0.05) is 81.9 Å². The van der Waals surface area contributed by atoms with Gasteiger partial charge >= 0.3 is 0 Å². The lowest BCUT2D eigenvalue weighted by Crippen LogP contribution is -2.40. The second-order valence-electron chi connectivity index (χ2n) is 29.3. The lowest BCUT2D eigenvalue weighted by atomic mass is 9.70. The first-order valence-electron chi connectivity index (χ1n) is 39.1. The van der Waals surface area contributed by atoms with Crippen molar-refractivity contribution in [2.24, 2.45) is 16.7 Å². The van der Waals surface area contributed by atoms with Gasteiger partial charge in [0.1, 0.15) is 24.0 Å². The molecule has 0 aromatic heterocycles. The number of aliphatic hydroxyl groups is 3. The van der Waals surface area contributed by atoms with Crippen molar-refractivity contribution in [2.45, 2.75) is 258 Å². The van der Waals surface area contributed by atoms with E-state index < -0.39 is 12.5 Å². The first-order chi connectivity index (χ1) is 50.9. The van der Waals surface area contributed by atoms with Crippen LogP contribution in [0.3, 0.4) is 0 Å². The Morgan fingerprint density at radius 2 is 1.11 bits per heavy atom. The Morgan fingerprint density at radius 3 is 1.50 bits per heavy atom. The number of benzene rings is 1. The van der Waals surface area contributed by atoms with Gasteiger partial charge in [-0.2, -0.15) is 0 Å². The highest BCUT2D eigenvalue weighted by atomic mass is 16.6. The van der Waals surface area contributed by atoms with Crippen molar-refractivity contribution in [3.8, 4) is 0 Å². The lowest BCUT2D eigenvalue weighted by molar-refractivity contribution is -0.121. The van der Waals surface area contributed by atoms with Crippen molar-refractivity contribution in [1.82, 2.24) is 25.3 Å². The largest absolute Gasteiger partial charge is 0.393 e. The van der Waals surface area contributed by atoms with Gasteiger partial charge in [0.2, 0.25) is 5.91 Å². The van der Waals surface area contributed by atoms with Gasteiger partial charge in [0, 0.05) is 150 Å². The van der Waals surface area contributed by atoms with E-state index in [9.17, 15) is 24.6 Å². The van der Waals surface area contributed by atoms with Crippen LogP contribution in [0.15, 0.2) is 18.2 Å². The van der Waals surface area contributed by atoms with Crippen LogP contribution in [0, 0.1) is 23.7 Å². The van der Waals surface area contributed by atoms with Gasteiger partial charge in [0.25, 0.3) is 0 Å². The highest BCUT2D eigenvalue weighted by Gasteiger charge is 2.32. The normalized spacial score (nSPS) is 16.0. The van der Waals surface area contributed by atoms with E-state index in [1.54, 1.807) is 127 Å². The minimum Gasteiger partial charge on any atom is -0.393 e. The predicted octanol–water partition coefficient (Wildman–Crippen LogP) is 11.9. The fraction of sp³-hybridized carbons (Fsp3) is 0.893. The molecule has 0 spiro atoms. The Balaban J connectivity index is -0.000000150. The van der Waals surface area contributed by atoms with Gasteiger partial charge in [0.05, 0.1) is 109 Å². The minimum atomic E-state index is -0.564. The zero-order valence-corrected chi connectivity index (χ0v) is 74.8. The summed E-state index contributed by atoms with van der Waals surface area (Å²) in [6.07, 6.45) is 11.2. The van der Waals surface area contributed by atoms with Crippen LogP contribution in [0.5, 0.6) is 0 Å². The first kappa shape index (κ1) is 125. The number of aryl methyl sites for hydroxylation is 1. The van der Waals surface area contributed by atoms with Gasteiger partial charge in [-0.05, 0) is 181 Å². The molecule has 6 N–H and O–H groups in total. The summed E-state index contributed by atoms with van der Waals surface area (Å²) >= 11 is 0. The number of anilines is 1. The van der Waals surface area contributed by atoms with Gasteiger partial charge in [0.15, 0.2) is 0 Å². The van der Waals surface area contributed by atoms with Crippen molar-refractivity contribution in [3.05, 3.63) is 29.3 Å². The van der Waals surface area contributed by atoms with Gasteiger partial charge in [-0.3, -0.25) is 10.1 Å². The molecule has 0 saturated heterocycles. The fourth-order valence-electron chi connectivity index (χ4n) is 10.6. The van der Waals surface area contributed by atoms with Crippen molar-refractivity contribution in [2.75, 3.05) is 230 Å². The van der Waals surface area contributed by atoms with E-state index in [2.05, 4.69) is 86.2 Å². The number of nitrogens with one attached hydrogen (secondary N) is 3. The number of Topliss-reactive ketones (excluding diaryl/α,β-unsaturated/α-hetero) is 2. The van der Waals surface area contributed by atoms with Crippen LogP contribution < -0.4 is 16.0 Å². The predicted molar refractivity (Wildman–Crippen MR) is 455 cm³/mol. The van der Waals surface area contributed by atoms with Crippen LogP contribution >= 0.6 is 0 Å². The Morgan fingerprint density at radius 1 is 0.618 bits per heavy atom. The van der Waals surface area contributed by atoms with Crippen LogP contribution in [0.4, 0.5) is 5.69 Å². The number of hydrogen-bond donors (Lipinski definition) is 6. The third kappa shape index (κ3) is 93.8. The van der Waals surface area contributed by atoms with E-state index in [0.717, 1.165) is 127 Å². The molecule has 1 aliphatic carbocycles. The molecule has 0 bridgehead atoms. The van der Waals surface area contributed by atoms with Crippen molar-refractivity contribution in [1.29, 1.82) is 0 Å². The highest BCUT2D eigenvalue weighted by Crippen LogP contribution is 2.40. The number of amides is 1. The maximum absolute atomic E-state index is 11.0. The number of carbonyl (C=O) groups is 3. The second-order valence-corrected chi connectivity index (χ2v) is 29.3. The molecular formula is C84H180N6O20.